The van der Waals surface area contributed by atoms with E-state index in [1.165, 1.54) is 4.90 Å². The number of nitrogens with one attached hydrogen (secondary N) is 2. The van der Waals surface area contributed by atoms with Gasteiger partial charge in [-0.2, -0.15) is 0 Å². The lowest BCUT2D eigenvalue weighted by atomic mass is 10.0. The number of amides is 3. The van der Waals surface area contributed by atoms with Crippen LogP contribution in [0.5, 0.6) is 17.2 Å². The Balaban J connectivity index is 1.37. The Morgan fingerprint density at radius 1 is 1.02 bits per heavy atom. The highest BCUT2D eigenvalue weighted by Gasteiger charge is 2.44. The first-order valence-electron chi connectivity index (χ1n) is 17.1. The van der Waals surface area contributed by atoms with Gasteiger partial charge in [0.2, 0.25) is 11.8 Å². The first-order valence-corrected chi connectivity index (χ1v) is 17.1. The van der Waals surface area contributed by atoms with E-state index >= 15 is 0 Å². The van der Waals surface area contributed by atoms with Gasteiger partial charge in [0.1, 0.15) is 47.1 Å². The van der Waals surface area contributed by atoms with Gasteiger partial charge in [0.05, 0.1) is 31.5 Å². The Labute approximate surface area is 301 Å². The number of aromatic nitrogens is 1. The molecule has 2 bridgehead atoms. The molecule has 4 atom stereocenters. The van der Waals surface area contributed by atoms with Gasteiger partial charge in [-0.1, -0.05) is 42.5 Å². The highest BCUT2D eigenvalue weighted by atomic mass is 16.6. The third kappa shape index (κ3) is 8.53. The summed E-state index contributed by atoms with van der Waals surface area (Å²) in [5, 5.41) is 16.0. The van der Waals surface area contributed by atoms with Crippen LogP contribution in [0.2, 0.25) is 0 Å². The molecule has 1 fully saturated rings. The fourth-order valence-corrected chi connectivity index (χ4v) is 6.38. The van der Waals surface area contributed by atoms with Crippen LogP contribution in [-0.4, -0.2) is 89.0 Å². The molecule has 0 aliphatic carbocycles. The summed E-state index contributed by atoms with van der Waals surface area (Å²) in [6, 6.07) is 20.3. The summed E-state index contributed by atoms with van der Waals surface area (Å²) in [7, 11) is 1.57. The molecule has 2 aliphatic heterocycles. The van der Waals surface area contributed by atoms with E-state index in [4.69, 9.17) is 23.9 Å². The van der Waals surface area contributed by atoms with Crippen LogP contribution in [0.3, 0.4) is 0 Å². The number of aliphatic carboxylic acids is 1. The van der Waals surface area contributed by atoms with Gasteiger partial charge in [-0.05, 0) is 50.6 Å². The molecule has 0 saturated carbocycles. The minimum Gasteiger partial charge on any atom is -0.497 e. The quantitative estimate of drug-likeness (QED) is 0.254. The van der Waals surface area contributed by atoms with E-state index in [1.807, 2.05) is 42.5 Å². The normalized spacial score (nSPS) is 20.9. The second-order valence-electron chi connectivity index (χ2n) is 13.8. The number of carbonyl (C=O) groups excluding carboxylic acids is 3. The first kappa shape index (κ1) is 36.0. The van der Waals surface area contributed by atoms with Gasteiger partial charge in [-0.25, -0.2) is 14.6 Å². The van der Waals surface area contributed by atoms with Crippen LogP contribution in [0, 0.1) is 0 Å². The smallest absolute Gasteiger partial charge is 0.408 e. The van der Waals surface area contributed by atoms with E-state index in [-0.39, 0.29) is 32.4 Å². The fraction of sp³-hybridized carbons (Fsp3) is 0.359. The average Bonchev–Trinajstić information content (AvgIpc) is 3.53. The summed E-state index contributed by atoms with van der Waals surface area (Å²) < 4.78 is 23.4. The fourth-order valence-electron chi connectivity index (χ4n) is 6.38. The van der Waals surface area contributed by atoms with E-state index in [2.05, 4.69) is 10.6 Å². The molecular weight excluding hydrogens is 668 g/mol. The highest BCUT2D eigenvalue weighted by Crippen LogP contribution is 2.35. The topological polar surface area (TPSA) is 166 Å². The van der Waals surface area contributed by atoms with Crippen LogP contribution in [-0.2, 0) is 25.5 Å². The second kappa shape index (κ2) is 15.2. The number of methoxy groups -OCH3 is 1. The third-order valence-electron chi connectivity index (χ3n) is 8.81. The number of nitrogens with zero attached hydrogens (tertiary/aromatic N) is 2. The van der Waals surface area contributed by atoms with Crippen molar-refractivity contribution in [3.63, 3.8) is 0 Å². The van der Waals surface area contributed by atoms with E-state index in [0.29, 0.717) is 39.4 Å². The van der Waals surface area contributed by atoms with Crippen LogP contribution in [0.25, 0.3) is 22.2 Å². The van der Waals surface area contributed by atoms with Gasteiger partial charge in [-0.3, -0.25) is 9.59 Å². The van der Waals surface area contributed by atoms with Gasteiger partial charge in [0.25, 0.3) is 0 Å². The first-order chi connectivity index (χ1) is 24.9. The summed E-state index contributed by atoms with van der Waals surface area (Å²) >= 11 is 0. The molecule has 1 aromatic heterocycles. The molecule has 0 unspecified atom stereocenters. The standard InChI is InChI=1S/C39H42N4O9/c1-39(2,3)52-38(48)42-32-18-23-9-8-12-26(17-23)50-16-15-29(37(46)47)41-35(44)33-20-27(22-43(33)36(32)45)51-34-21-30(24-10-6-5-7-11-24)40-31-19-25(49-4)13-14-28(31)34/h5-14,17,19,21,27,29,32-33H,15-16,18,20,22H2,1-4H3,(H,41,44)(H,42,48)(H,46,47)/t27-,29-,32-,33+/m1/s1. The van der Waals surface area contributed by atoms with Crippen molar-refractivity contribution in [1.29, 1.82) is 0 Å². The molecule has 272 valence electrons. The van der Waals surface area contributed by atoms with Crippen LogP contribution in [0.1, 0.15) is 39.2 Å². The second-order valence-corrected chi connectivity index (χ2v) is 13.8. The Kier molecular flexibility index (Phi) is 10.5. The lowest BCUT2D eigenvalue weighted by Crippen LogP contribution is -2.56. The lowest BCUT2D eigenvalue weighted by molar-refractivity contribution is -0.144. The van der Waals surface area contributed by atoms with Crippen molar-refractivity contribution < 1.29 is 43.2 Å². The van der Waals surface area contributed by atoms with Crippen LogP contribution in [0.4, 0.5) is 4.79 Å². The maximum Gasteiger partial charge on any atom is 0.408 e. The average molecular weight is 711 g/mol. The Morgan fingerprint density at radius 3 is 2.54 bits per heavy atom. The molecule has 4 aromatic rings. The Hall–Kier alpha value is -5.85. The molecule has 13 heteroatoms. The van der Waals surface area contributed by atoms with Crippen LogP contribution in [0.15, 0.2) is 78.9 Å². The lowest BCUT2D eigenvalue weighted by Gasteiger charge is -2.30. The van der Waals surface area contributed by atoms with E-state index in [9.17, 15) is 24.3 Å². The van der Waals surface area contributed by atoms with E-state index in [0.717, 1.165) is 5.56 Å². The zero-order valence-corrected chi connectivity index (χ0v) is 29.5. The number of carboxylic acids is 1. The minimum absolute atomic E-state index is 0.0105. The predicted molar refractivity (Wildman–Crippen MR) is 191 cm³/mol. The van der Waals surface area contributed by atoms with Crippen molar-refractivity contribution in [2.75, 3.05) is 20.3 Å². The van der Waals surface area contributed by atoms with E-state index in [1.54, 1.807) is 64.3 Å². The van der Waals surface area contributed by atoms with Crippen LogP contribution >= 0.6 is 0 Å². The molecule has 3 heterocycles. The van der Waals surface area contributed by atoms with Gasteiger partial charge in [0.15, 0.2) is 0 Å². The number of benzene rings is 3. The molecule has 3 N–H and O–H groups in total. The monoisotopic (exact) mass is 710 g/mol. The zero-order valence-electron chi connectivity index (χ0n) is 29.5. The molecule has 1 saturated heterocycles. The molecule has 0 spiro atoms. The maximum atomic E-state index is 14.5. The van der Waals surface area contributed by atoms with E-state index < -0.39 is 53.7 Å². The maximum absolute atomic E-state index is 14.5. The summed E-state index contributed by atoms with van der Waals surface area (Å²) in [6.45, 7) is 5.14. The van der Waals surface area contributed by atoms with Crippen molar-refractivity contribution in [3.05, 3.63) is 84.4 Å². The number of alkyl carbamates (subject to hydrolysis) is 1. The van der Waals surface area contributed by atoms with Crippen molar-refractivity contribution in [3.8, 4) is 28.5 Å². The number of hydrogen-bond donors (Lipinski definition) is 3. The van der Waals surface area contributed by atoms with Crippen molar-refractivity contribution >= 4 is 34.8 Å². The predicted octanol–water partition coefficient (Wildman–Crippen LogP) is 4.75. The van der Waals surface area contributed by atoms with Gasteiger partial charge in [-0.15, -0.1) is 0 Å². The Bertz CT molecular complexity index is 1960. The minimum atomic E-state index is -1.28. The molecule has 3 amide bonds. The molecule has 13 nitrogen and oxygen atoms in total. The van der Waals surface area contributed by atoms with Gasteiger partial charge in [0, 0.05) is 42.3 Å². The zero-order chi connectivity index (χ0) is 37.0. The van der Waals surface area contributed by atoms with Crippen molar-refractivity contribution in [1.82, 2.24) is 20.5 Å². The third-order valence-corrected chi connectivity index (χ3v) is 8.81. The number of fused-ring (bicyclic) bond motifs is 4. The van der Waals surface area contributed by atoms with Crippen molar-refractivity contribution in [2.45, 2.75) is 69.9 Å². The molecule has 2 aliphatic rings. The van der Waals surface area contributed by atoms with Crippen molar-refractivity contribution in [2.24, 2.45) is 0 Å². The highest BCUT2D eigenvalue weighted by molar-refractivity contribution is 5.94. The number of carbonyl (C=O) groups is 4. The van der Waals surface area contributed by atoms with Gasteiger partial charge < -0.3 is 39.6 Å². The molecule has 52 heavy (non-hydrogen) atoms. The number of rotatable bonds is 6. The molecule has 0 radical (unpaired) electrons. The number of ether oxygens (including phenoxy) is 4. The summed E-state index contributed by atoms with van der Waals surface area (Å²) in [6.07, 6.45) is -1.38. The van der Waals surface area contributed by atoms with Crippen LogP contribution < -0.4 is 24.8 Å². The SMILES string of the molecule is COc1ccc2c(O[C@@H]3C[C@H]4C(=O)N[C@@H](C(=O)O)CCOc5cccc(c5)C[C@@H](NC(=O)OC(C)(C)C)C(=O)N4C3)cc(-c3ccccc3)nc2c1. The largest absolute Gasteiger partial charge is 0.497 e. The summed E-state index contributed by atoms with van der Waals surface area (Å²) in [5.74, 6) is -0.899. The number of carboxylic acid groups (broad SMARTS) is 1. The summed E-state index contributed by atoms with van der Waals surface area (Å²) in [5.41, 5.74) is 1.98. The molecular formula is C39H42N4O9. The number of pyridine rings is 1. The number of hydrogen-bond acceptors (Lipinski definition) is 9. The summed E-state index contributed by atoms with van der Waals surface area (Å²) in [4.78, 5) is 60.0. The van der Waals surface area contributed by atoms with Gasteiger partial charge >= 0.3 is 12.1 Å². The molecule has 3 aromatic carbocycles. The molecule has 6 rings (SSSR count). The Morgan fingerprint density at radius 2 is 1.81 bits per heavy atom.